The predicted octanol–water partition coefficient (Wildman–Crippen LogP) is 3.98. The van der Waals surface area contributed by atoms with E-state index in [-0.39, 0.29) is 23.9 Å². The van der Waals surface area contributed by atoms with Crippen LogP contribution >= 0.6 is 0 Å². The van der Waals surface area contributed by atoms with Crippen LogP contribution in [0.4, 0.5) is 4.79 Å². The lowest BCUT2D eigenvalue weighted by atomic mass is 9.55. The van der Waals surface area contributed by atoms with Gasteiger partial charge < -0.3 is 19.5 Å². The first-order valence-corrected chi connectivity index (χ1v) is 13.0. The Morgan fingerprint density at radius 2 is 1.86 bits per heavy atom. The van der Waals surface area contributed by atoms with Crippen LogP contribution in [0.15, 0.2) is 30.3 Å². The summed E-state index contributed by atoms with van der Waals surface area (Å²) in [4.78, 5) is 39.3. The fourth-order valence-corrected chi connectivity index (χ4v) is 6.66. The van der Waals surface area contributed by atoms with Crippen LogP contribution in [0, 0.1) is 17.3 Å². The molecule has 0 radical (unpaired) electrons. The first-order chi connectivity index (χ1) is 16.8. The summed E-state index contributed by atoms with van der Waals surface area (Å²) >= 11 is 0. The van der Waals surface area contributed by atoms with Crippen LogP contribution in [-0.2, 0) is 25.5 Å². The predicted molar refractivity (Wildman–Crippen MR) is 130 cm³/mol. The molecule has 4 aliphatic rings. The van der Waals surface area contributed by atoms with Gasteiger partial charge in [-0.2, -0.15) is 0 Å². The molecule has 4 fully saturated rings. The van der Waals surface area contributed by atoms with Gasteiger partial charge in [-0.05, 0) is 68.8 Å². The molecule has 1 heterocycles. The first-order valence-electron chi connectivity index (χ1n) is 13.0. The standard InChI is InChI=1S/C27H38N2O6/c1-3-34-25(31)22(14-11-19-7-5-4-6-8-19)28-18(2)24(30)29-17-27(16-23(29)35-26(32)33)15-20-9-12-21(27)13-10-20/h4-8,18,20-23,28H,3,9-17H2,1-2H3,(H,32,33)/t18-,20?,21?,22-,23?,27?/m1/s1. The maximum absolute atomic E-state index is 13.6. The minimum atomic E-state index is -1.36. The highest BCUT2D eigenvalue weighted by Crippen LogP contribution is 2.58. The zero-order chi connectivity index (χ0) is 25.0. The van der Waals surface area contributed by atoms with E-state index in [1.54, 1.807) is 18.7 Å². The number of nitrogens with one attached hydrogen (secondary N) is 1. The second-order valence-corrected chi connectivity index (χ2v) is 10.5. The molecule has 0 aromatic heterocycles. The van der Waals surface area contributed by atoms with Crippen LogP contribution in [-0.4, -0.2) is 59.5 Å². The summed E-state index contributed by atoms with van der Waals surface area (Å²) in [5.74, 6) is 0.543. The third kappa shape index (κ3) is 5.80. The first kappa shape index (κ1) is 25.5. The minimum absolute atomic E-state index is 0.0650. The summed E-state index contributed by atoms with van der Waals surface area (Å²) in [6.07, 6.45) is 5.35. The molecule has 5 rings (SSSR count). The van der Waals surface area contributed by atoms with E-state index >= 15 is 0 Å². The molecular formula is C27H38N2O6. The summed E-state index contributed by atoms with van der Waals surface area (Å²) in [5.41, 5.74) is 1.04. The Balaban J connectivity index is 1.45. The van der Waals surface area contributed by atoms with Crippen LogP contribution in [0.5, 0.6) is 0 Å². The lowest BCUT2D eigenvalue weighted by molar-refractivity contribution is -0.147. The van der Waals surface area contributed by atoms with Gasteiger partial charge in [-0.3, -0.25) is 14.9 Å². The van der Waals surface area contributed by atoms with Gasteiger partial charge in [0.05, 0.1) is 12.6 Å². The monoisotopic (exact) mass is 486 g/mol. The van der Waals surface area contributed by atoms with Crippen LogP contribution in [0.1, 0.15) is 64.4 Å². The zero-order valence-electron chi connectivity index (χ0n) is 20.8. The van der Waals surface area contributed by atoms with Gasteiger partial charge in [0.1, 0.15) is 6.04 Å². The van der Waals surface area contributed by atoms with Crippen LogP contribution in [0.3, 0.4) is 0 Å². The number of carboxylic acid groups (broad SMARTS) is 1. The number of likely N-dealkylation sites (tertiary alicyclic amines) is 1. The molecule has 1 aromatic carbocycles. The van der Waals surface area contributed by atoms with E-state index < -0.39 is 24.5 Å². The number of rotatable bonds is 9. The summed E-state index contributed by atoms with van der Waals surface area (Å²) in [7, 11) is 0. The minimum Gasteiger partial charge on any atom is -0.465 e. The Hall–Kier alpha value is -2.61. The third-order valence-corrected chi connectivity index (χ3v) is 8.30. The molecule has 2 bridgehead atoms. The highest BCUT2D eigenvalue weighted by atomic mass is 16.7. The van der Waals surface area contributed by atoms with E-state index in [2.05, 4.69) is 5.32 Å². The molecule has 1 spiro atoms. The van der Waals surface area contributed by atoms with Crippen molar-refractivity contribution in [2.75, 3.05) is 13.2 Å². The largest absolute Gasteiger partial charge is 0.507 e. The molecule has 1 amide bonds. The Morgan fingerprint density at radius 3 is 2.46 bits per heavy atom. The van der Waals surface area contributed by atoms with E-state index in [1.165, 1.54) is 12.8 Å². The van der Waals surface area contributed by atoms with Gasteiger partial charge >= 0.3 is 12.1 Å². The van der Waals surface area contributed by atoms with Gasteiger partial charge in [-0.25, -0.2) is 4.79 Å². The van der Waals surface area contributed by atoms with E-state index in [9.17, 15) is 19.5 Å². The van der Waals surface area contributed by atoms with Gasteiger partial charge in [0, 0.05) is 13.0 Å². The maximum atomic E-state index is 13.6. The number of ether oxygens (including phenoxy) is 2. The normalized spacial score (nSPS) is 29.1. The average molecular weight is 487 g/mol. The molecule has 1 saturated heterocycles. The highest BCUT2D eigenvalue weighted by molar-refractivity contribution is 5.84. The summed E-state index contributed by atoms with van der Waals surface area (Å²) in [5, 5.41) is 12.5. The number of hydrogen-bond acceptors (Lipinski definition) is 6. The van der Waals surface area contributed by atoms with Crippen molar-refractivity contribution in [2.24, 2.45) is 17.3 Å². The zero-order valence-corrected chi connectivity index (χ0v) is 20.8. The van der Waals surface area contributed by atoms with Gasteiger partial charge in [0.2, 0.25) is 5.91 Å². The summed E-state index contributed by atoms with van der Waals surface area (Å²) < 4.78 is 10.5. The molecule has 8 heteroatoms. The third-order valence-electron chi connectivity index (χ3n) is 8.30. The second kappa shape index (κ2) is 11.0. The van der Waals surface area contributed by atoms with Crippen molar-refractivity contribution in [3.05, 3.63) is 35.9 Å². The number of fused-ring (bicyclic) bond motifs is 2. The lowest BCUT2D eigenvalue weighted by Gasteiger charge is -2.49. The number of benzene rings is 1. The fraction of sp³-hybridized carbons (Fsp3) is 0.667. The molecule has 2 unspecified atom stereocenters. The molecule has 3 aliphatic carbocycles. The number of hydrogen-bond donors (Lipinski definition) is 2. The number of aryl methyl sites for hydroxylation is 1. The molecule has 1 aromatic rings. The number of nitrogens with zero attached hydrogens (tertiary/aromatic N) is 1. The van der Waals surface area contributed by atoms with Crippen molar-refractivity contribution in [1.29, 1.82) is 0 Å². The molecular weight excluding hydrogens is 448 g/mol. The van der Waals surface area contributed by atoms with Crippen LogP contribution < -0.4 is 5.32 Å². The lowest BCUT2D eigenvalue weighted by Crippen LogP contribution is -2.53. The molecule has 1 aliphatic heterocycles. The molecule has 3 saturated carbocycles. The van der Waals surface area contributed by atoms with Gasteiger partial charge in [0.15, 0.2) is 6.23 Å². The summed E-state index contributed by atoms with van der Waals surface area (Å²) in [6.45, 7) is 4.27. The topological polar surface area (TPSA) is 105 Å². The van der Waals surface area contributed by atoms with Crippen LogP contribution in [0.25, 0.3) is 0 Å². The average Bonchev–Trinajstić information content (AvgIpc) is 3.18. The van der Waals surface area contributed by atoms with Crippen molar-refractivity contribution in [3.63, 3.8) is 0 Å². The summed E-state index contributed by atoms with van der Waals surface area (Å²) in [6, 6.07) is 8.54. The molecule has 2 N–H and O–H groups in total. The van der Waals surface area contributed by atoms with E-state index in [0.717, 1.165) is 24.8 Å². The number of carbonyl (C=O) groups excluding carboxylic acids is 2. The van der Waals surface area contributed by atoms with Crippen molar-refractivity contribution in [2.45, 2.75) is 83.5 Å². The van der Waals surface area contributed by atoms with E-state index in [1.807, 2.05) is 30.3 Å². The van der Waals surface area contributed by atoms with E-state index in [4.69, 9.17) is 9.47 Å². The molecule has 8 nitrogen and oxygen atoms in total. The Labute approximate surface area is 207 Å². The van der Waals surface area contributed by atoms with Gasteiger partial charge in [-0.1, -0.05) is 43.2 Å². The Kier molecular flexibility index (Phi) is 7.99. The second-order valence-electron chi connectivity index (χ2n) is 10.5. The molecule has 192 valence electrons. The SMILES string of the molecule is CCOC(=O)[C@@H](CCc1ccccc1)N[C@H](C)C(=O)N1CC2(CC3CCC2CC3)CC1OC(=O)O. The Morgan fingerprint density at radius 1 is 1.14 bits per heavy atom. The molecule has 4 atom stereocenters. The van der Waals surface area contributed by atoms with Crippen LogP contribution in [0.2, 0.25) is 0 Å². The van der Waals surface area contributed by atoms with Gasteiger partial charge in [0.25, 0.3) is 0 Å². The van der Waals surface area contributed by atoms with Crippen molar-refractivity contribution < 1.29 is 29.0 Å². The number of esters is 1. The smallest absolute Gasteiger partial charge is 0.465 e. The maximum Gasteiger partial charge on any atom is 0.507 e. The quantitative estimate of drug-likeness (QED) is 0.509. The fourth-order valence-electron chi connectivity index (χ4n) is 6.66. The van der Waals surface area contributed by atoms with Crippen molar-refractivity contribution in [1.82, 2.24) is 10.2 Å². The number of carbonyl (C=O) groups is 3. The number of amides is 1. The van der Waals surface area contributed by atoms with Crippen molar-refractivity contribution >= 4 is 18.0 Å². The van der Waals surface area contributed by atoms with Gasteiger partial charge in [-0.15, -0.1) is 0 Å². The Bertz CT molecular complexity index is 900. The van der Waals surface area contributed by atoms with Crippen molar-refractivity contribution in [3.8, 4) is 0 Å². The molecule has 35 heavy (non-hydrogen) atoms. The van der Waals surface area contributed by atoms with E-state index in [0.29, 0.717) is 37.6 Å². The highest BCUT2D eigenvalue weighted by Gasteiger charge is 2.56.